The highest BCUT2D eigenvalue weighted by Crippen LogP contribution is 2.44. The van der Waals surface area contributed by atoms with Gasteiger partial charge in [-0.25, -0.2) is 0 Å². The van der Waals surface area contributed by atoms with Crippen LogP contribution in [0.25, 0.3) is 0 Å². The van der Waals surface area contributed by atoms with Crippen LogP contribution in [0.3, 0.4) is 0 Å². The smallest absolute Gasteiger partial charge is 0.0873 e. The molecule has 0 amide bonds. The molecule has 0 aromatic heterocycles. The van der Waals surface area contributed by atoms with Gasteiger partial charge in [-0.05, 0) is 52.9 Å². The molecule has 0 bridgehead atoms. The predicted molar refractivity (Wildman–Crippen MR) is 54.7 cm³/mol. The average Bonchev–Trinajstić information content (AvgIpc) is 2.26. The lowest BCUT2D eigenvalue weighted by molar-refractivity contribution is -0.0653. The summed E-state index contributed by atoms with van der Waals surface area (Å²) < 4.78 is 6.17. The van der Waals surface area contributed by atoms with Gasteiger partial charge in [0.15, 0.2) is 0 Å². The summed E-state index contributed by atoms with van der Waals surface area (Å²) in [5.74, 6) is 0. The summed E-state index contributed by atoms with van der Waals surface area (Å²) in [6.45, 7) is 6.65. The van der Waals surface area contributed by atoms with Gasteiger partial charge >= 0.3 is 0 Å². The lowest BCUT2D eigenvalue weighted by Crippen LogP contribution is -2.32. The van der Waals surface area contributed by atoms with Crippen molar-refractivity contribution >= 4 is 0 Å². The van der Waals surface area contributed by atoms with Gasteiger partial charge in [0, 0.05) is 0 Å². The molecule has 0 aromatic carbocycles. The van der Waals surface area contributed by atoms with E-state index in [4.69, 9.17) is 4.74 Å². The third kappa shape index (κ3) is 1.80. The zero-order valence-electron chi connectivity index (χ0n) is 9.02. The van der Waals surface area contributed by atoms with Crippen molar-refractivity contribution in [2.75, 3.05) is 0 Å². The van der Waals surface area contributed by atoms with Gasteiger partial charge in [-0.2, -0.15) is 0 Å². The van der Waals surface area contributed by atoms with Crippen LogP contribution in [0.5, 0.6) is 0 Å². The molecule has 1 fully saturated rings. The van der Waals surface area contributed by atoms with Gasteiger partial charge in [-0.1, -0.05) is 11.6 Å². The van der Waals surface area contributed by atoms with Crippen LogP contribution >= 0.6 is 0 Å². The van der Waals surface area contributed by atoms with E-state index in [0.717, 1.165) is 0 Å². The topological polar surface area (TPSA) is 9.23 Å². The molecule has 1 nitrogen and oxygen atoms in total. The van der Waals surface area contributed by atoms with Crippen LogP contribution in [0.4, 0.5) is 0 Å². The Labute approximate surface area is 81.2 Å². The van der Waals surface area contributed by atoms with Gasteiger partial charge in [-0.3, -0.25) is 0 Å². The monoisotopic (exact) mass is 180 g/mol. The lowest BCUT2D eigenvalue weighted by Gasteiger charge is -2.32. The quantitative estimate of drug-likeness (QED) is 0.519. The largest absolute Gasteiger partial charge is 0.365 e. The van der Waals surface area contributed by atoms with Crippen LogP contribution in [-0.2, 0) is 4.74 Å². The molecule has 1 heteroatoms. The Morgan fingerprint density at radius 1 is 1.23 bits per heavy atom. The van der Waals surface area contributed by atoms with Crippen LogP contribution in [-0.4, -0.2) is 11.2 Å². The minimum atomic E-state index is 0.105. The Morgan fingerprint density at radius 3 is 2.54 bits per heavy atom. The van der Waals surface area contributed by atoms with E-state index in [2.05, 4.69) is 26.8 Å². The Bertz CT molecular complexity index is 240. The van der Waals surface area contributed by atoms with E-state index in [0.29, 0.717) is 0 Å². The van der Waals surface area contributed by atoms with Crippen molar-refractivity contribution in [2.45, 2.75) is 64.1 Å². The summed E-state index contributed by atoms with van der Waals surface area (Å²) in [6, 6.07) is 0. The number of rotatable bonds is 0. The maximum Gasteiger partial charge on any atom is 0.0873 e. The fraction of sp³-hybridized carbons (Fsp3) is 0.833. The average molecular weight is 180 g/mol. The molecule has 0 aromatic rings. The zero-order chi connectivity index (χ0) is 9.53. The third-order valence-corrected chi connectivity index (χ3v) is 3.31. The lowest BCUT2D eigenvalue weighted by atomic mass is 9.85. The first kappa shape index (κ1) is 9.26. The first-order chi connectivity index (χ1) is 6.02. The molecule has 1 aliphatic heterocycles. The standard InChI is InChI=1S/C12H20O/c1-10-5-4-6-12(9-10)8-7-11(2,3)13-12/h9H,4-8H2,1-3H3. The minimum absolute atomic E-state index is 0.105. The van der Waals surface area contributed by atoms with E-state index in [9.17, 15) is 0 Å². The summed E-state index contributed by atoms with van der Waals surface area (Å²) in [5, 5.41) is 0. The van der Waals surface area contributed by atoms with Crippen molar-refractivity contribution in [3.05, 3.63) is 11.6 Å². The maximum atomic E-state index is 6.17. The highest BCUT2D eigenvalue weighted by molar-refractivity contribution is 5.16. The van der Waals surface area contributed by atoms with Crippen LogP contribution in [0.1, 0.15) is 52.9 Å². The first-order valence-corrected chi connectivity index (χ1v) is 5.40. The molecule has 0 N–H and O–H groups in total. The molecule has 1 spiro atoms. The molecule has 2 rings (SSSR count). The fourth-order valence-electron chi connectivity index (χ4n) is 2.70. The van der Waals surface area contributed by atoms with Crippen LogP contribution < -0.4 is 0 Å². The van der Waals surface area contributed by atoms with Crippen molar-refractivity contribution in [1.82, 2.24) is 0 Å². The molecule has 13 heavy (non-hydrogen) atoms. The van der Waals surface area contributed by atoms with E-state index in [1.807, 2.05) is 0 Å². The van der Waals surface area contributed by atoms with Crippen molar-refractivity contribution in [3.63, 3.8) is 0 Å². The second-order valence-corrected chi connectivity index (χ2v) is 5.27. The van der Waals surface area contributed by atoms with Crippen molar-refractivity contribution in [2.24, 2.45) is 0 Å². The molecule has 1 heterocycles. The Kier molecular flexibility index (Phi) is 2.03. The second-order valence-electron chi connectivity index (χ2n) is 5.27. The van der Waals surface area contributed by atoms with E-state index in [1.165, 1.54) is 37.7 Å². The summed E-state index contributed by atoms with van der Waals surface area (Å²) in [4.78, 5) is 0. The summed E-state index contributed by atoms with van der Waals surface area (Å²) >= 11 is 0. The van der Waals surface area contributed by atoms with E-state index in [1.54, 1.807) is 0 Å². The SMILES string of the molecule is CC1=CC2(CCC1)CCC(C)(C)O2. The summed E-state index contributed by atoms with van der Waals surface area (Å²) in [5.41, 5.74) is 1.74. The normalized spacial score (nSPS) is 37.9. The van der Waals surface area contributed by atoms with Crippen LogP contribution in [0.15, 0.2) is 11.6 Å². The minimum Gasteiger partial charge on any atom is -0.365 e. The highest BCUT2D eigenvalue weighted by atomic mass is 16.5. The molecule has 2 aliphatic rings. The van der Waals surface area contributed by atoms with Gasteiger partial charge in [-0.15, -0.1) is 0 Å². The maximum absolute atomic E-state index is 6.17. The molecule has 0 radical (unpaired) electrons. The molecule has 1 atom stereocenters. The molecule has 1 aliphatic carbocycles. The molecular formula is C12H20O. The zero-order valence-corrected chi connectivity index (χ0v) is 9.02. The molecule has 74 valence electrons. The van der Waals surface area contributed by atoms with Crippen molar-refractivity contribution < 1.29 is 4.74 Å². The van der Waals surface area contributed by atoms with Crippen LogP contribution in [0, 0.1) is 0 Å². The fourth-order valence-corrected chi connectivity index (χ4v) is 2.70. The van der Waals surface area contributed by atoms with Crippen LogP contribution in [0.2, 0.25) is 0 Å². The summed E-state index contributed by atoms with van der Waals surface area (Å²) in [6.07, 6.45) is 8.61. The Balaban J connectivity index is 2.19. The second kappa shape index (κ2) is 2.84. The van der Waals surface area contributed by atoms with Crippen molar-refractivity contribution in [1.29, 1.82) is 0 Å². The van der Waals surface area contributed by atoms with Gasteiger partial charge in [0.05, 0.1) is 11.2 Å². The molecule has 1 saturated heterocycles. The summed E-state index contributed by atoms with van der Waals surface area (Å²) in [7, 11) is 0. The number of hydrogen-bond acceptors (Lipinski definition) is 1. The van der Waals surface area contributed by atoms with Gasteiger partial charge < -0.3 is 4.74 Å². The van der Waals surface area contributed by atoms with Gasteiger partial charge in [0.25, 0.3) is 0 Å². The number of allylic oxidation sites excluding steroid dienone is 1. The first-order valence-electron chi connectivity index (χ1n) is 5.40. The van der Waals surface area contributed by atoms with E-state index < -0.39 is 0 Å². The predicted octanol–water partition coefficient (Wildman–Crippen LogP) is 3.44. The van der Waals surface area contributed by atoms with E-state index in [-0.39, 0.29) is 11.2 Å². The third-order valence-electron chi connectivity index (χ3n) is 3.31. The van der Waals surface area contributed by atoms with Gasteiger partial charge in [0.1, 0.15) is 0 Å². The Morgan fingerprint density at radius 2 is 2.00 bits per heavy atom. The number of hydrogen-bond donors (Lipinski definition) is 0. The van der Waals surface area contributed by atoms with Gasteiger partial charge in [0.2, 0.25) is 0 Å². The molecule has 1 unspecified atom stereocenters. The van der Waals surface area contributed by atoms with E-state index >= 15 is 0 Å². The highest BCUT2D eigenvalue weighted by Gasteiger charge is 2.43. The van der Waals surface area contributed by atoms with Crippen molar-refractivity contribution in [3.8, 4) is 0 Å². The molecular weight excluding hydrogens is 160 g/mol. The number of ether oxygens (including phenoxy) is 1. The molecule has 0 saturated carbocycles. The Hall–Kier alpha value is -0.300.